The van der Waals surface area contributed by atoms with Gasteiger partial charge in [0, 0.05) is 12.0 Å². The molecule has 2 aromatic carbocycles. The van der Waals surface area contributed by atoms with Crippen LogP contribution in [0.3, 0.4) is 0 Å². The standard InChI is InChI=1S/C20H16F3NO2S/c1-2-26-19(25)18-17(14-8-4-3-5-9-14)24-16(27-18)12-13-7-6-10-15(11-13)20(21,22)23/h3-11H,2,12H2,1H3. The van der Waals surface area contributed by atoms with Gasteiger partial charge in [-0.2, -0.15) is 13.2 Å². The van der Waals surface area contributed by atoms with Gasteiger partial charge in [0.1, 0.15) is 4.88 Å². The lowest BCUT2D eigenvalue weighted by atomic mass is 10.1. The van der Waals surface area contributed by atoms with Gasteiger partial charge < -0.3 is 4.74 Å². The molecule has 3 rings (SSSR count). The zero-order valence-corrected chi connectivity index (χ0v) is 15.2. The van der Waals surface area contributed by atoms with E-state index in [1.165, 1.54) is 6.07 Å². The highest BCUT2D eigenvalue weighted by Gasteiger charge is 2.30. The predicted octanol–water partition coefficient (Wildman–Crippen LogP) is 5.60. The van der Waals surface area contributed by atoms with E-state index in [4.69, 9.17) is 4.74 Å². The van der Waals surface area contributed by atoms with E-state index in [-0.39, 0.29) is 13.0 Å². The average molecular weight is 391 g/mol. The fraction of sp³-hybridized carbons (Fsp3) is 0.200. The van der Waals surface area contributed by atoms with Gasteiger partial charge >= 0.3 is 12.1 Å². The molecule has 0 atom stereocenters. The van der Waals surface area contributed by atoms with Crippen LogP contribution in [0.15, 0.2) is 54.6 Å². The van der Waals surface area contributed by atoms with E-state index in [1.807, 2.05) is 30.3 Å². The predicted molar refractivity (Wildman–Crippen MR) is 97.8 cm³/mol. The molecule has 0 saturated carbocycles. The molecule has 0 radical (unpaired) electrons. The van der Waals surface area contributed by atoms with E-state index >= 15 is 0 Å². The summed E-state index contributed by atoms with van der Waals surface area (Å²) in [5.74, 6) is -0.482. The van der Waals surface area contributed by atoms with Gasteiger partial charge in [-0.25, -0.2) is 9.78 Å². The SMILES string of the molecule is CCOC(=O)c1sc(Cc2cccc(C(F)(F)F)c2)nc1-c1ccccc1. The molecule has 1 aromatic heterocycles. The summed E-state index contributed by atoms with van der Waals surface area (Å²) in [6, 6.07) is 14.3. The average Bonchev–Trinajstić information content (AvgIpc) is 3.06. The van der Waals surface area contributed by atoms with E-state index in [1.54, 1.807) is 13.0 Å². The van der Waals surface area contributed by atoms with E-state index in [0.717, 1.165) is 29.0 Å². The van der Waals surface area contributed by atoms with Crippen molar-refractivity contribution in [2.75, 3.05) is 6.61 Å². The summed E-state index contributed by atoms with van der Waals surface area (Å²) < 4.78 is 43.8. The molecule has 0 N–H and O–H groups in total. The minimum atomic E-state index is -4.40. The number of carbonyl (C=O) groups excluding carboxylic acids is 1. The van der Waals surface area contributed by atoms with E-state index in [0.29, 0.717) is 21.1 Å². The van der Waals surface area contributed by atoms with E-state index < -0.39 is 17.7 Å². The maximum Gasteiger partial charge on any atom is 0.416 e. The van der Waals surface area contributed by atoms with Crippen molar-refractivity contribution < 1.29 is 22.7 Å². The number of alkyl halides is 3. The van der Waals surface area contributed by atoms with Gasteiger partial charge in [-0.3, -0.25) is 0 Å². The van der Waals surface area contributed by atoms with E-state index in [9.17, 15) is 18.0 Å². The highest BCUT2D eigenvalue weighted by Crippen LogP contribution is 2.32. The van der Waals surface area contributed by atoms with Crippen molar-refractivity contribution in [1.82, 2.24) is 4.98 Å². The second-order valence-corrected chi connectivity index (χ2v) is 6.83. The zero-order chi connectivity index (χ0) is 19.4. The summed E-state index contributed by atoms with van der Waals surface area (Å²) in [5.41, 5.74) is 1.02. The molecule has 0 saturated heterocycles. The first-order chi connectivity index (χ1) is 12.9. The fourth-order valence-corrected chi connectivity index (χ4v) is 3.61. The van der Waals surface area contributed by atoms with Crippen molar-refractivity contribution in [3.63, 3.8) is 0 Å². The summed E-state index contributed by atoms with van der Waals surface area (Å²) in [4.78, 5) is 17.1. The second kappa shape index (κ2) is 7.92. The molecule has 0 amide bonds. The van der Waals surface area contributed by atoms with Gasteiger partial charge in [-0.05, 0) is 18.6 Å². The third-order valence-electron chi connectivity index (χ3n) is 3.79. The Morgan fingerprint density at radius 1 is 1.11 bits per heavy atom. The fourth-order valence-electron chi connectivity index (χ4n) is 2.60. The monoisotopic (exact) mass is 391 g/mol. The van der Waals surface area contributed by atoms with Crippen LogP contribution in [0.4, 0.5) is 13.2 Å². The molecular weight excluding hydrogens is 375 g/mol. The Labute approximate surface area is 158 Å². The number of esters is 1. The molecule has 0 aliphatic heterocycles. The number of aromatic nitrogens is 1. The highest BCUT2D eigenvalue weighted by atomic mass is 32.1. The molecule has 0 unspecified atom stereocenters. The largest absolute Gasteiger partial charge is 0.462 e. The number of hydrogen-bond acceptors (Lipinski definition) is 4. The normalized spacial score (nSPS) is 11.4. The first-order valence-corrected chi connectivity index (χ1v) is 9.08. The molecule has 27 heavy (non-hydrogen) atoms. The number of benzene rings is 2. The molecule has 0 fully saturated rings. The second-order valence-electron chi connectivity index (χ2n) is 5.75. The number of nitrogens with zero attached hydrogens (tertiary/aromatic N) is 1. The van der Waals surface area contributed by atoms with Crippen LogP contribution in [0.25, 0.3) is 11.3 Å². The van der Waals surface area contributed by atoms with Gasteiger partial charge in [-0.1, -0.05) is 48.5 Å². The first kappa shape index (κ1) is 19.1. The Morgan fingerprint density at radius 2 is 1.85 bits per heavy atom. The summed E-state index contributed by atoms with van der Waals surface area (Å²) in [6.07, 6.45) is -4.20. The lowest BCUT2D eigenvalue weighted by Gasteiger charge is -2.07. The number of carbonyl (C=O) groups is 1. The minimum absolute atomic E-state index is 0.202. The summed E-state index contributed by atoms with van der Waals surface area (Å²) in [5, 5.41) is 0.552. The number of halogens is 3. The molecule has 3 aromatic rings. The van der Waals surface area contributed by atoms with Crippen LogP contribution in [-0.2, 0) is 17.3 Å². The molecule has 0 aliphatic rings. The van der Waals surface area contributed by atoms with Gasteiger partial charge in [0.05, 0.1) is 22.9 Å². The molecule has 3 nitrogen and oxygen atoms in total. The topological polar surface area (TPSA) is 39.2 Å². The molecule has 140 valence electrons. The van der Waals surface area contributed by atoms with Crippen LogP contribution >= 0.6 is 11.3 Å². The third kappa shape index (κ3) is 4.54. The summed E-state index contributed by atoms with van der Waals surface area (Å²) in [6.45, 7) is 1.94. The maximum atomic E-state index is 12.9. The van der Waals surface area contributed by atoms with Crippen LogP contribution in [0.5, 0.6) is 0 Å². The molecule has 0 bridgehead atoms. The molecule has 0 spiro atoms. The van der Waals surface area contributed by atoms with Crippen molar-refractivity contribution in [3.05, 3.63) is 75.6 Å². The van der Waals surface area contributed by atoms with Crippen molar-refractivity contribution in [2.24, 2.45) is 0 Å². The van der Waals surface area contributed by atoms with Gasteiger partial charge in [0.25, 0.3) is 0 Å². The van der Waals surface area contributed by atoms with Crippen LogP contribution in [0.2, 0.25) is 0 Å². The number of hydrogen-bond donors (Lipinski definition) is 0. The Kier molecular flexibility index (Phi) is 5.60. The maximum absolute atomic E-state index is 12.9. The minimum Gasteiger partial charge on any atom is -0.462 e. The molecule has 0 aliphatic carbocycles. The molecular formula is C20H16F3NO2S. The van der Waals surface area contributed by atoms with Crippen molar-refractivity contribution in [3.8, 4) is 11.3 Å². The number of rotatable bonds is 5. The lowest BCUT2D eigenvalue weighted by molar-refractivity contribution is -0.137. The van der Waals surface area contributed by atoms with Crippen molar-refractivity contribution in [2.45, 2.75) is 19.5 Å². The Hall–Kier alpha value is -2.67. The zero-order valence-electron chi connectivity index (χ0n) is 14.4. The van der Waals surface area contributed by atoms with E-state index in [2.05, 4.69) is 4.98 Å². The summed E-state index contributed by atoms with van der Waals surface area (Å²) >= 11 is 1.14. The van der Waals surface area contributed by atoms with Gasteiger partial charge in [-0.15, -0.1) is 11.3 Å². The Bertz CT molecular complexity index is 936. The van der Waals surface area contributed by atoms with Gasteiger partial charge in [0.15, 0.2) is 0 Å². The van der Waals surface area contributed by atoms with Crippen LogP contribution in [-0.4, -0.2) is 17.6 Å². The Morgan fingerprint density at radius 3 is 2.52 bits per heavy atom. The van der Waals surface area contributed by atoms with Crippen molar-refractivity contribution in [1.29, 1.82) is 0 Å². The van der Waals surface area contributed by atoms with Crippen LogP contribution in [0.1, 0.15) is 32.7 Å². The number of thiazole rings is 1. The summed E-state index contributed by atoms with van der Waals surface area (Å²) in [7, 11) is 0. The first-order valence-electron chi connectivity index (χ1n) is 8.27. The molecule has 7 heteroatoms. The Balaban J connectivity index is 1.96. The van der Waals surface area contributed by atoms with Crippen LogP contribution in [0, 0.1) is 0 Å². The van der Waals surface area contributed by atoms with Crippen molar-refractivity contribution >= 4 is 17.3 Å². The third-order valence-corrected chi connectivity index (χ3v) is 4.82. The molecule has 1 heterocycles. The lowest BCUT2D eigenvalue weighted by Crippen LogP contribution is -2.05. The van der Waals surface area contributed by atoms with Gasteiger partial charge in [0.2, 0.25) is 0 Å². The van der Waals surface area contributed by atoms with Crippen LogP contribution < -0.4 is 0 Å². The number of ether oxygens (including phenoxy) is 1. The quantitative estimate of drug-likeness (QED) is 0.532. The smallest absolute Gasteiger partial charge is 0.416 e. The highest BCUT2D eigenvalue weighted by molar-refractivity contribution is 7.14.